The molecule has 0 spiro atoms. The first-order valence-electron chi connectivity index (χ1n) is 7.45. The van der Waals surface area contributed by atoms with Crippen molar-refractivity contribution in [3.63, 3.8) is 0 Å². The molecule has 0 radical (unpaired) electrons. The Morgan fingerprint density at radius 3 is 2.48 bits per heavy atom. The molecule has 0 bridgehead atoms. The fourth-order valence-electron chi connectivity index (χ4n) is 1.82. The largest absolute Gasteiger partial charge is 0.350 e. The van der Waals surface area contributed by atoms with Crippen LogP contribution in [-0.4, -0.2) is 38.9 Å². The number of nitrogens with one attached hydrogen (secondary N) is 3. The van der Waals surface area contributed by atoms with Crippen LogP contribution in [0.25, 0.3) is 0 Å². The smallest absolute Gasteiger partial charge is 0.251 e. The average molecular weight is 388 g/mol. The quantitative estimate of drug-likeness (QED) is 0.616. The van der Waals surface area contributed by atoms with Crippen LogP contribution in [0.3, 0.4) is 0 Å². The standard InChI is InChI=1S/C16H22ClN3O4S/c1-5-8-19-25(23,24)13-9-11(6-7-12(13)17)15(22)18-10-14(21)20-16(2,3)4/h5-7,9,19H,1,8,10H2,2-4H3,(H,18,22)(H,20,21). The molecule has 0 saturated heterocycles. The summed E-state index contributed by atoms with van der Waals surface area (Å²) in [4.78, 5) is 23.7. The summed E-state index contributed by atoms with van der Waals surface area (Å²) in [7, 11) is -3.88. The van der Waals surface area contributed by atoms with Crippen LogP contribution in [0.2, 0.25) is 5.02 Å². The predicted molar refractivity (Wildman–Crippen MR) is 97.1 cm³/mol. The van der Waals surface area contributed by atoms with E-state index in [0.29, 0.717) is 0 Å². The first-order chi connectivity index (χ1) is 11.5. The van der Waals surface area contributed by atoms with Gasteiger partial charge in [-0.05, 0) is 39.0 Å². The highest BCUT2D eigenvalue weighted by Crippen LogP contribution is 2.22. The van der Waals surface area contributed by atoms with Crippen molar-refractivity contribution in [2.24, 2.45) is 0 Å². The maximum Gasteiger partial charge on any atom is 0.251 e. The van der Waals surface area contributed by atoms with Gasteiger partial charge in [0.25, 0.3) is 5.91 Å². The normalized spacial score (nSPS) is 11.7. The van der Waals surface area contributed by atoms with Gasteiger partial charge in [-0.3, -0.25) is 9.59 Å². The van der Waals surface area contributed by atoms with Crippen molar-refractivity contribution < 1.29 is 18.0 Å². The molecule has 138 valence electrons. The molecular formula is C16H22ClN3O4S. The molecule has 9 heteroatoms. The second-order valence-corrected chi connectivity index (χ2v) is 8.41. The Morgan fingerprint density at radius 2 is 1.92 bits per heavy atom. The topological polar surface area (TPSA) is 104 Å². The third-order valence-electron chi connectivity index (χ3n) is 2.82. The van der Waals surface area contributed by atoms with Gasteiger partial charge in [0.15, 0.2) is 0 Å². The van der Waals surface area contributed by atoms with Crippen LogP contribution in [0.5, 0.6) is 0 Å². The molecule has 0 aliphatic rings. The molecule has 0 aliphatic carbocycles. The minimum Gasteiger partial charge on any atom is -0.350 e. The monoisotopic (exact) mass is 387 g/mol. The van der Waals surface area contributed by atoms with E-state index >= 15 is 0 Å². The summed E-state index contributed by atoms with van der Waals surface area (Å²) in [6.07, 6.45) is 1.38. The van der Waals surface area contributed by atoms with Gasteiger partial charge in [0.1, 0.15) is 4.90 Å². The second kappa shape index (κ2) is 8.46. The van der Waals surface area contributed by atoms with E-state index in [9.17, 15) is 18.0 Å². The Balaban J connectivity index is 2.89. The molecule has 1 rings (SSSR count). The summed E-state index contributed by atoms with van der Waals surface area (Å²) in [5.74, 6) is -0.934. The molecule has 0 aliphatic heterocycles. The van der Waals surface area contributed by atoms with Crippen LogP contribution in [0, 0.1) is 0 Å². The molecule has 0 unspecified atom stereocenters. The molecule has 0 fully saturated rings. The van der Waals surface area contributed by atoms with E-state index in [4.69, 9.17) is 11.6 Å². The lowest BCUT2D eigenvalue weighted by Gasteiger charge is -2.20. The minimum absolute atomic E-state index is 0.0152. The van der Waals surface area contributed by atoms with Crippen molar-refractivity contribution in [3.05, 3.63) is 41.4 Å². The molecule has 1 aromatic carbocycles. The SMILES string of the molecule is C=CCNS(=O)(=O)c1cc(C(=O)NCC(=O)NC(C)(C)C)ccc1Cl. The van der Waals surface area contributed by atoms with Gasteiger partial charge >= 0.3 is 0 Å². The summed E-state index contributed by atoms with van der Waals surface area (Å²) >= 11 is 5.92. The maximum absolute atomic E-state index is 12.2. The highest BCUT2D eigenvalue weighted by Gasteiger charge is 2.20. The molecule has 7 nitrogen and oxygen atoms in total. The molecule has 1 aromatic rings. The number of sulfonamides is 1. The van der Waals surface area contributed by atoms with Crippen molar-refractivity contribution in [2.45, 2.75) is 31.2 Å². The second-order valence-electron chi connectivity index (χ2n) is 6.27. The Hall–Kier alpha value is -1.90. The van der Waals surface area contributed by atoms with Crippen LogP contribution in [-0.2, 0) is 14.8 Å². The van der Waals surface area contributed by atoms with Crippen LogP contribution >= 0.6 is 11.6 Å². The van der Waals surface area contributed by atoms with Gasteiger partial charge in [0, 0.05) is 17.6 Å². The number of benzene rings is 1. The Kier molecular flexibility index (Phi) is 7.16. The average Bonchev–Trinajstić information content (AvgIpc) is 2.49. The van der Waals surface area contributed by atoms with Gasteiger partial charge in [0.2, 0.25) is 15.9 Å². The third kappa shape index (κ3) is 6.85. The summed E-state index contributed by atoms with van der Waals surface area (Å²) < 4.78 is 26.6. The first-order valence-corrected chi connectivity index (χ1v) is 9.32. The number of rotatable bonds is 7. The Morgan fingerprint density at radius 1 is 1.28 bits per heavy atom. The van der Waals surface area contributed by atoms with E-state index in [-0.39, 0.29) is 34.5 Å². The van der Waals surface area contributed by atoms with E-state index in [1.807, 2.05) is 20.8 Å². The highest BCUT2D eigenvalue weighted by atomic mass is 35.5. The zero-order valence-corrected chi connectivity index (χ0v) is 15.9. The number of hydrogen-bond donors (Lipinski definition) is 3. The highest BCUT2D eigenvalue weighted by molar-refractivity contribution is 7.89. The van der Waals surface area contributed by atoms with Crippen molar-refractivity contribution in [1.29, 1.82) is 0 Å². The third-order valence-corrected chi connectivity index (χ3v) is 4.73. The number of carbonyl (C=O) groups excluding carboxylic acids is 2. The maximum atomic E-state index is 12.2. The fraction of sp³-hybridized carbons (Fsp3) is 0.375. The predicted octanol–water partition coefficient (Wildman–Crippen LogP) is 1.45. The van der Waals surface area contributed by atoms with Crippen LogP contribution in [0.4, 0.5) is 0 Å². The number of halogens is 1. The van der Waals surface area contributed by atoms with Gasteiger partial charge in [0.05, 0.1) is 11.6 Å². The molecule has 2 amide bonds. The summed E-state index contributed by atoms with van der Waals surface area (Å²) in [6, 6.07) is 3.85. The summed E-state index contributed by atoms with van der Waals surface area (Å²) in [6.45, 7) is 8.69. The van der Waals surface area contributed by atoms with Gasteiger partial charge < -0.3 is 10.6 Å². The van der Waals surface area contributed by atoms with Crippen molar-refractivity contribution in [2.75, 3.05) is 13.1 Å². The Labute approximate surface area is 152 Å². The minimum atomic E-state index is -3.88. The van der Waals surface area contributed by atoms with Crippen molar-refractivity contribution in [3.8, 4) is 0 Å². The molecule has 3 N–H and O–H groups in total. The number of carbonyl (C=O) groups is 2. The van der Waals surface area contributed by atoms with Gasteiger partial charge in [-0.1, -0.05) is 17.7 Å². The van der Waals surface area contributed by atoms with Crippen LogP contribution in [0.15, 0.2) is 35.7 Å². The lowest BCUT2D eigenvalue weighted by atomic mass is 10.1. The van der Waals surface area contributed by atoms with Gasteiger partial charge in [-0.15, -0.1) is 6.58 Å². The fourth-order valence-corrected chi connectivity index (χ4v) is 3.34. The van der Waals surface area contributed by atoms with Gasteiger partial charge in [-0.2, -0.15) is 0 Å². The molecule has 0 aromatic heterocycles. The van der Waals surface area contributed by atoms with Crippen LogP contribution < -0.4 is 15.4 Å². The van der Waals surface area contributed by atoms with E-state index in [1.54, 1.807) is 0 Å². The van der Waals surface area contributed by atoms with Gasteiger partial charge in [-0.25, -0.2) is 13.1 Å². The number of hydrogen-bond acceptors (Lipinski definition) is 4. The molecule has 0 atom stereocenters. The van der Waals surface area contributed by atoms with Crippen LogP contribution in [0.1, 0.15) is 31.1 Å². The van der Waals surface area contributed by atoms with E-state index in [1.165, 1.54) is 18.2 Å². The molecule has 0 saturated carbocycles. The summed E-state index contributed by atoms with van der Waals surface area (Å²) in [5.41, 5.74) is -0.341. The number of amides is 2. The van der Waals surface area contributed by atoms with Crippen molar-refractivity contribution in [1.82, 2.24) is 15.4 Å². The van der Waals surface area contributed by atoms with E-state index in [2.05, 4.69) is 21.9 Å². The lowest BCUT2D eigenvalue weighted by Crippen LogP contribution is -2.45. The lowest BCUT2D eigenvalue weighted by molar-refractivity contribution is -0.121. The Bertz CT molecular complexity index is 770. The molecule has 25 heavy (non-hydrogen) atoms. The first kappa shape index (κ1) is 21.1. The molecular weight excluding hydrogens is 366 g/mol. The zero-order chi connectivity index (χ0) is 19.3. The van der Waals surface area contributed by atoms with E-state index < -0.39 is 21.5 Å². The zero-order valence-electron chi connectivity index (χ0n) is 14.3. The molecule has 0 heterocycles. The van der Waals surface area contributed by atoms with Crippen molar-refractivity contribution >= 4 is 33.4 Å². The summed E-state index contributed by atoms with van der Waals surface area (Å²) in [5, 5.41) is 5.13. The van der Waals surface area contributed by atoms with E-state index in [0.717, 1.165) is 6.07 Å².